The number of primary amides is 1. The van der Waals surface area contributed by atoms with Crippen LogP contribution in [0.3, 0.4) is 0 Å². The molecule has 1 rings (SSSR count). The number of amides is 3. The average Bonchev–Trinajstić information content (AvgIpc) is 2.28. The minimum absolute atomic E-state index is 0.0479. The molecular weight excluding hydrogens is 258 g/mol. The van der Waals surface area contributed by atoms with Crippen LogP contribution in [-0.2, 0) is 9.59 Å². The van der Waals surface area contributed by atoms with Crippen LogP contribution in [-0.4, -0.2) is 46.6 Å². The summed E-state index contributed by atoms with van der Waals surface area (Å²) < 4.78 is 0. The number of hydrogen-bond acceptors (Lipinski definition) is 4. The van der Waals surface area contributed by atoms with Gasteiger partial charge in [-0.05, 0) is 18.6 Å². The van der Waals surface area contributed by atoms with E-state index in [1.165, 1.54) is 0 Å². The summed E-state index contributed by atoms with van der Waals surface area (Å²) in [5.74, 6) is -0.141. The van der Waals surface area contributed by atoms with Gasteiger partial charge >= 0.3 is 12.0 Å². The lowest BCUT2D eigenvalue weighted by atomic mass is 10.2. The number of carboxylic acid groups (broad SMARTS) is 1. The molecule has 1 heterocycles. The van der Waals surface area contributed by atoms with E-state index in [0.29, 0.717) is 0 Å². The van der Waals surface area contributed by atoms with Gasteiger partial charge in [0.15, 0.2) is 0 Å². The molecule has 102 valence electrons. The largest absolute Gasteiger partial charge is 0.480 e. The van der Waals surface area contributed by atoms with Gasteiger partial charge in [-0.15, -0.1) is 0 Å². The summed E-state index contributed by atoms with van der Waals surface area (Å²) in [5.41, 5.74) is 4.91. The van der Waals surface area contributed by atoms with E-state index in [2.05, 4.69) is 10.6 Å². The highest BCUT2D eigenvalue weighted by atomic mass is 32.2. The lowest BCUT2D eigenvalue weighted by Crippen LogP contribution is -2.51. The minimum Gasteiger partial charge on any atom is -0.480 e. The fourth-order valence-corrected chi connectivity index (χ4v) is 2.71. The molecule has 7 nitrogen and oxygen atoms in total. The number of hydrogen-bond donors (Lipinski definition) is 4. The zero-order valence-corrected chi connectivity index (χ0v) is 10.7. The second-order valence-electron chi connectivity index (χ2n) is 4.09. The van der Waals surface area contributed by atoms with Crippen molar-refractivity contribution >= 4 is 29.7 Å². The molecule has 3 amide bonds. The number of nitrogens with two attached hydrogens (primary N) is 1. The van der Waals surface area contributed by atoms with E-state index >= 15 is 0 Å². The van der Waals surface area contributed by atoms with Crippen molar-refractivity contribution in [3.05, 3.63) is 0 Å². The maximum atomic E-state index is 11.6. The van der Waals surface area contributed by atoms with Crippen molar-refractivity contribution in [3.63, 3.8) is 0 Å². The second-order valence-corrected chi connectivity index (χ2v) is 5.24. The van der Waals surface area contributed by atoms with E-state index in [4.69, 9.17) is 10.8 Å². The molecule has 1 aliphatic rings. The number of aliphatic carboxylic acids is 1. The maximum Gasteiger partial charge on any atom is 0.326 e. The van der Waals surface area contributed by atoms with E-state index in [9.17, 15) is 14.4 Å². The molecule has 0 aromatic heterocycles. The normalized spacial score (nSPS) is 20.8. The topological polar surface area (TPSA) is 122 Å². The van der Waals surface area contributed by atoms with Gasteiger partial charge in [0.1, 0.15) is 6.04 Å². The predicted octanol–water partition coefficient (Wildman–Crippen LogP) is -0.490. The molecule has 0 saturated carbocycles. The Kier molecular flexibility index (Phi) is 5.76. The molecular formula is C10H17N3O4S. The molecule has 0 bridgehead atoms. The molecule has 1 saturated heterocycles. The van der Waals surface area contributed by atoms with Crippen molar-refractivity contribution in [3.8, 4) is 0 Å². The standard InChI is InChI=1S/C10H17N3O4S/c11-8(14)4-7(9(15)16)13-10(17)12-6-2-1-3-18-5-6/h6-7H,1-5H2,(H2,11,14)(H,15,16)(H2,12,13,17). The highest BCUT2D eigenvalue weighted by Gasteiger charge is 2.23. The Morgan fingerprint density at radius 2 is 2.17 bits per heavy atom. The summed E-state index contributed by atoms with van der Waals surface area (Å²) in [6.07, 6.45) is 1.50. The van der Waals surface area contributed by atoms with E-state index in [1.807, 2.05) is 0 Å². The monoisotopic (exact) mass is 275 g/mol. The van der Waals surface area contributed by atoms with Crippen LogP contribution in [0.25, 0.3) is 0 Å². The predicted molar refractivity (Wildman–Crippen MR) is 67.2 cm³/mol. The molecule has 1 aliphatic heterocycles. The molecule has 0 spiro atoms. The van der Waals surface area contributed by atoms with Crippen LogP contribution in [0, 0.1) is 0 Å². The Balaban J connectivity index is 2.40. The van der Waals surface area contributed by atoms with Crippen molar-refractivity contribution in [1.82, 2.24) is 10.6 Å². The molecule has 1 fully saturated rings. The first-order chi connectivity index (χ1) is 8.49. The molecule has 0 radical (unpaired) electrons. The Labute approximate surface area is 109 Å². The Morgan fingerprint density at radius 3 is 2.67 bits per heavy atom. The zero-order valence-electron chi connectivity index (χ0n) is 9.85. The van der Waals surface area contributed by atoms with Crippen molar-refractivity contribution in [2.45, 2.75) is 31.3 Å². The molecule has 0 aliphatic carbocycles. The molecule has 0 aromatic carbocycles. The molecule has 0 aromatic rings. The van der Waals surface area contributed by atoms with Gasteiger partial charge in [0, 0.05) is 11.8 Å². The number of carbonyl (C=O) groups is 3. The Bertz CT molecular complexity index is 331. The van der Waals surface area contributed by atoms with E-state index in [0.717, 1.165) is 24.3 Å². The minimum atomic E-state index is -1.28. The van der Waals surface area contributed by atoms with Gasteiger partial charge in [-0.2, -0.15) is 11.8 Å². The van der Waals surface area contributed by atoms with Gasteiger partial charge in [0.25, 0.3) is 0 Å². The lowest BCUT2D eigenvalue weighted by molar-refractivity contribution is -0.140. The number of urea groups is 1. The first-order valence-electron chi connectivity index (χ1n) is 5.65. The highest BCUT2D eigenvalue weighted by molar-refractivity contribution is 7.99. The van der Waals surface area contributed by atoms with Gasteiger partial charge in [-0.1, -0.05) is 0 Å². The highest BCUT2D eigenvalue weighted by Crippen LogP contribution is 2.16. The van der Waals surface area contributed by atoms with E-state index in [1.54, 1.807) is 11.8 Å². The van der Waals surface area contributed by atoms with Crippen LogP contribution in [0.4, 0.5) is 4.79 Å². The lowest BCUT2D eigenvalue weighted by Gasteiger charge is -2.23. The molecule has 5 N–H and O–H groups in total. The third-order valence-corrected chi connectivity index (χ3v) is 3.72. The van der Waals surface area contributed by atoms with Crippen molar-refractivity contribution in [1.29, 1.82) is 0 Å². The van der Waals surface area contributed by atoms with Gasteiger partial charge in [0.2, 0.25) is 5.91 Å². The molecule has 18 heavy (non-hydrogen) atoms. The number of carbonyl (C=O) groups excluding carboxylic acids is 2. The fourth-order valence-electron chi connectivity index (χ4n) is 1.64. The SMILES string of the molecule is NC(=O)CC(NC(=O)NC1CCCSC1)C(=O)O. The summed E-state index contributed by atoms with van der Waals surface area (Å²) in [6.45, 7) is 0. The van der Waals surface area contributed by atoms with Crippen LogP contribution in [0.1, 0.15) is 19.3 Å². The fraction of sp³-hybridized carbons (Fsp3) is 0.700. The number of rotatable bonds is 5. The number of thioether (sulfide) groups is 1. The first-order valence-corrected chi connectivity index (χ1v) is 6.80. The number of carboxylic acids is 1. The van der Waals surface area contributed by atoms with Crippen LogP contribution >= 0.6 is 11.8 Å². The van der Waals surface area contributed by atoms with Crippen LogP contribution < -0.4 is 16.4 Å². The summed E-state index contributed by atoms with van der Waals surface area (Å²) in [6, 6.07) is -1.80. The van der Waals surface area contributed by atoms with Gasteiger partial charge in [0.05, 0.1) is 6.42 Å². The number of nitrogens with one attached hydrogen (secondary N) is 2. The second kappa shape index (κ2) is 7.10. The van der Waals surface area contributed by atoms with E-state index in [-0.39, 0.29) is 6.04 Å². The first kappa shape index (κ1) is 14.6. The summed E-state index contributed by atoms with van der Waals surface area (Å²) >= 11 is 1.75. The third-order valence-electron chi connectivity index (χ3n) is 2.50. The average molecular weight is 275 g/mol. The van der Waals surface area contributed by atoms with Gasteiger partial charge in [-0.3, -0.25) is 4.79 Å². The van der Waals surface area contributed by atoms with Gasteiger partial charge < -0.3 is 21.5 Å². The Morgan fingerprint density at radius 1 is 1.44 bits per heavy atom. The van der Waals surface area contributed by atoms with Crippen LogP contribution in [0.5, 0.6) is 0 Å². The smallest absolute Gasteiger partial charge is 0.326 e. The van der Waals surface area contributed by atoms with E-state index < -0.39 is 30.4 Å². The van der Waals surface area contributed by atoms with Gasteiger partial charge in [-0.25, -0.2) is 9.59 Å². The summed E-state index contributed by atoms with van der Waals surface area (Å²) in [4.78, 5) is 33.0. The molecule has 2 unspecified atom stereocenters. The third kappa shape index (κ3) is 5.26. The quantitative estimate of drug-likeness (QED) is 0.539. The van der Waals surface area contributed by atoms with Crippen molar-refractivity contribution < 1.29 is 19.5 Å². The summed E-state index contributed by atoms with van der Waals surface area (Å²) in [7, 11) is 0. The van der Waals surface area contributed by atoms with Crippen molar-refractivity contribution in [2.75, 3.05) is 11.5 Å². The maximum absolute atomic E-state index is 11.6. The van der Waals surface area contributed by atoms with Crippen LogP contribution in [0.15, 0.2) is 0 Å². The van der Waals surface area contributed by atoms with Crippen molar-refractivity contribution in [2.24, 2.45) is 5.73 Å². The van der Waals surface area contributed by atoms with Crippen LogP contribution in [0.2, 0.25) is 0 Å². The summed E-state index contributed by atoms with van der Waals surface area (Å²) in [5, 5.41) is 13.7. The zero-order chi connectivity index (χ0) is 13.5. The Hall–Kier alpha value is -1.44. The molecule has 8 heteroatoms. The molecule has 2 atom stereocenters.